The monoisotopic (exact) mass is 625 g/mol. The molecule has 1 saturated carbocycles. The van der Waals surface area contributed by atoms with Crippen LogP contribution in [-0.2, 0) is 26.2 Å². The van der Waals surface area contributed by atoms with E-state index in [2.05, 4.69) is 21.2 Å². The highest BCUT2D eigenvalue weighted by atomic mass is 79.9. The van der Waals surface area contributed by atoms with Crippen molar-refractivity contribution in [2.24, 2.45) is 0 Å². The molecule has 2 amide bonds. The van der Waals surface area contributed by atoms with Gasteiger partial charge in [0.15, 0.2) is 0 Å². The van der Waals surface area contributed by atoms with Gasteiger partial charge in [0.1, 0.15) is 12.6 Å². The van der Waals surface area contributed by atoms with Gasteiger partial charge in [0, 0.05) is 17.1 Å². The van der Waals surface area contributed by atoms with Crippen LogP contribution in [0.5, 0.6) is 0 Å². The van der Waals surface area contributed by atoms with E-state index in [1.165, 1.54) is 4.90 Å². The number of halogens is 1. The molecular formula is C31H36BrN3O4S. The third-order valence-electron chi connectivity index (χ3n) is 7.31. The number of sulfonamides is 1. The van der Waals surface area contributed by atoms with Crippen LogP contribution >= 0.6 is 15.9 Å². The van der Waals surface area contributed by atoms with Gasteiger partial charge in [-0.15, -0.1) is 0 Å². The predicted molar refractivity (Wildman–Crippen MR) is 161 cm³/mol. The third kappa shape index (κ3) is 7.31. The number of rotatable bonds is 10. The highest BCUT2D eigenvalue weighted by molar-refractivity contribution is 9.10. The maximum Gasteiger partial charge on any atom is 0.264 e. The van der Waals surface area contributed by atoms with E-state index in [9.17, 15) is 18.0 Å². The summed E-state index contributed by atoms with van der Waals surface area (Å²) in [5.74, 6) is -0.699. The van der Waals surface area contributed by atoms with Crippen LogP contribution in [0.15, 0.2) is 82.2 Å². The average Bonchev–Trinajstić information content (AvgIpc) is 3.44. The predicted octanol–water partition coefficient (Wildman–Crippen LogP) is 5.74. The van der Waals surface area contributed by atoms with E-state index in [0.29, 0.717) is 5.69 Å². The van der Waals surface area contributed by atoms with Gasteiger partial charge >= 0.3 is 0 Å². The van der Waals surface area contributed by atoms with Crippen LogP contribution in [0.4, 0.5) is 5.69 Å². The molecule has 0 unspecified atom stereocenters. The molecule has 7 nitrogen and oxygen atoms in total. The first kappa shape index (κ1) is 29.8. The number of nitrogens with zero attached hydrogens (tertiary/aromatic N) is 2. The number of carbonyl (C=O) groups is 2. The Bertz CT molecular complexity index is 1440. The van der Waals surface area contributed by atoms with Crippen molar-refractivity contribution in [2.75, 3.05) is 10.8 Å². The first-order chi connectivity index (χ1) is 19.0. The summed E-state index contributed by atoms with van der Waals surface area (Å²) >= 11 is 3.44. The lowest BCUT2D eigenvalue weighted by Gasteiger charge is -2.32. The molecule has 9 heteroatoms. The Balaban J connectivity index is 1.68. The van der Waals surface area contributed by atoms with E-state index in [1.54, 1.807) is 49.4 Å². The van der Waals surface area contributed by atoms with Gasteiger partial charge in [-0.25, -0.2) is 8.42 Å². The summed E-state index contributed by atoms with van der Waals surface area (Å²) in [4.78, 5) is 28.9. The van der Waals surface area contributed by atoms with E-state index in [0.717, 1.165) is 51.2 Å². The summed E-state index contributed by atoms with van der Waals surface area (Å²) in [5, 5.41) is 3.09. The first-order valence-corrected chi connectivity index (χ1v) is 15.8. The number of benzene rings is 3. The second-order valence-electron chi connectivity index (χ2n) is 10.5. The van der Waals surface area contributed by atoms with Crippen molar-refractivity contribution in [3.05, 3.63) is 94.0 Å². The molecule has 3 aromatic carbocycles. The fraction of sp³-hybridized carbons (Fsp3) is 0.355. The Morgan fingerprint density at radius 2 is 1.60 bits per heavy atom. The Hall–Kier alpha value is -3.17. The van der Waals surface area contributed by atoms with Crippen molar-refractivity contribution >= 4 is 43.5 Å². The van der Waals surface area contributed by atoms with E-state index in [4.69, 9.17) is 0 Å². The van der Waals surface area contributed by atoms with Crippen LogP contribution in [0.25, 0.3) is 0 Å². The van der Waals surface area contributed by atoms with Crippen molar-refractivity contribution in [2.45, 2.75) is 70.0 Å². The van der Waals surface area contributed by atoms with Crippen molar-refractivity contribution in [1.82, 2.24) is 10.2 Å². The molecule has 1 atom stereocenters. The third-order valence-corrected chi connectivity index (χ3v) is 9.63. The second kappa shape index (κ2) is 13.0. The van der Waals surface area contributed by atoms with Gasteiger partial charge in [0.05, 0.1) is 10.6 Å². The molecule has 212 valence electrons. The van der Waals surface area contributed by atoms with Crippen molar-refractivity contribution < 1.29 is 18.0 Å². The Labute approximate surface area is 245 Å². The smallest absolute Gasteiger partial charge is 0.264 e. The maximum absolute atomic E-state index is 14.0. The molecule has 0 radical (unpaired) electrons. The molecule has 0 aliphatic heterocycles. The molecule has 1 aliphatic carbocycles. The molecule has 0 heterocycles. The molecule has 40 heavy (non-hydrogen) atoms. The van der Waals surface area contributed by atoms with Gasteiger partial charge < -0.3 is 10.2 Å². The zero-order valence-electron chi connectivity index (χ0n) is 23.1. The molecule has 0 saturated heterocycles. The van der Waals surface area contributed by atoms with Crippen molar-refractivity contribution in [3.63, 3.8) is 0 Å². The number of hydrogen-bond donors (Lipinski definition) is 1. The SMILES string of the molecule is Cc1ccc(S(=O)(=O)N(CC(=O)N(Cc2ccc(Br)cc2)[C@H](C)C(=O)NC2CCCC2)c2cccc(C)c2)cc1. The van der Waals surface area contributed by atoms with Crippen LogP contribution in [0.3, 0.4) is 0 Å². The minimum atomic E-state index is -4.08. The van der Waals surface area contributed by atoms with Crippen LogP contribution < -0.4 is 9.62 Å². The number of nitrogens with one attached hydrogen (secondary N) is 1. The summed E-state index contributed by atoms with van der Waals surface area (Å²) in [6.07, 6.45) is 4.00. The standard InChI is InChI=1S/C31H36BrN3O4S/c1-22-11-17-29(18-12-22)40(38,39)35(28-10-6-7-23(2)19-28)21-30(36)34(20-25-13-15-26(32)16-14-25)24(3)31(37)33-27-8-4-5-9-27/h6-7,10-19,24,27H,4-5,8-9,20-21H2,1-3H3,(H,33,37)/t24-/m1/s1. The molecule has 0 aromatic heterocycles. The van der Waals surface area contributed by atoms with Crippen LogP contribution in [0, 0.1) is 13.8 Å². The Morgan fingerprint density at radius 1 is 0.950 bits per heavy atom. The molecule has 1 aliphatic rings. The zero-order chi connectivity index (χ0) is 28.9. The lowest BCUT2D eigenvalue weighted by Crippen LogP contribution is -2.52. The fourth-order valence-corrected chi connectivity index (χ4v) is 6.58. The quantitative estimate of drug-likeness (QED) is 0.311. The van der Waals surface area contributed by atoms with Crippen LogP contribution in [-0.4, -0.2) is 43.8 Å². The first-order valence-electron chi connectivity index (χ1n) is 13.5. The summed E-state index contributed by atoms with van der Waals surface area (Å²) in [5.41, 5.74) is 3.02. The van der Waals surface area contributed by atoms with Gasteiger partial charge in [-0.2, -0.15) is 0 Å². The fourth-order valence-electron chi connectivity index (χ4n) is 4.91. The summed E-state index contributed by atoms with van der Waals surface area (Å²) in [7, 11) is -4.08. The average molecular weight is 627 g/mol. The van der Waals surface area contributed by atoms with Gasteiger partial charge in [-0.1, -0.05) is 70.7 Å². The molecule has 3 aromatic rings. The highest BCUT2D eigenvalue weighted by Gasteiger charge is 2.33. The number of carbonyl (C=O) groups excluding carboxylic acids is 2. The zero-order valence-corrected chi connectivity index (χ0v) is 25.5. The lowest BCUT2D eigenvalue weighted by atomic mass is 10.1. The molecule has 0 bridgehead atoms. The van der Waals surface area contributed by atoms with E-state index in [1.807, 2.05) is 44.2 Å². The van der Waals surface area contributed by atoms with Gasteiger partial charge in [0.25, 0.3) is 10.0 Å². The molecule has 4 rings (SSSR count). The minimum absolute atomic E-state index is 0.0962. The van der Waals surface area contributed by atoms with Crippen molar-refractivity contribution in [3.8, 4) is 0 Å². The lowest BCUT2D eigenvalue weighted by molar-refractivity contribution is -0.139. The number of anilines is 1. The molecule has 1 fully saturated rings. The van der Waals surface area contributed by atoms with E-state index < -0.39 is 28.5 Å². The molecule has 1 N–H and O–H groups in total. The number of hydrogen-bond acceptors (Lipinski definition) is 4. The Kier molecular flexibility index (Phi) is 9.68. The van der Waals surface area contributed by atoms with Gasteiger partial charge in [-0.05, 0) is 81.1 Å². The number of aryl methyl sites for hydroxylation is 2. The summed E-state index contributed by atoms with van der Waals surface area (Å²) in [6.45, 7) is 5.18. The van der Waals surface area contributed by atoms with Gasteiger partial charge in [-0.3, -0.25) is 13.9 Å². The van der Waals surface area contributed by atoms with Crippen LogP contribution in [0.2, 0.25) is 0 Å². The van der Waals surface area contributed by atoms with E-state index >= 15 is 0 Å². The summed E-state index contributed by atoms with van der Waals surface area (Å²) in [6, 6.07) is 20.5. The van der Waals surface area contributed by atoms with E-state index in [-0.39, 0.29) is 23.4 Å². The normalized spacial score (nSPS) is 14.5. The summed E-state index contributed by atoms with van der Waals surface area (Å²) < 4.78 is 29.9. The highest BCUT2D eigenvalue weighted by Crippen LogP contribution is 2.26. The van der Waals surface area contributed by atoms with Gasteiger partial charge in [0.2, 0.25) is 11.8 Å². The second-order valence-corrected chi connectivity index (χ2v) is 13.3. The topological polar surface area (TPSA) is 86.8 Å². The minimum Gasteiger partial charge on any atom is -0.352 e. The Morgan fingerprint density at radius 3 is 2.23 bits per heavy atom. The largest absolute Gasteiger partial charge is 0.352 e. The van der Waals surface area contributed by atoms with Crippen molar-refractivity contribution in [1.29, 1.82) is 0 Å². The maximum atomic E-state index is 14.0. The molecule has 0 spiro atoms. The number of amides is 2. The molecular weight excluding hydrogens is 590 g/mol. The van der Waals surface area contributed by atoms with Crippen LogP contribution in [0.1, 0.15) is 49.3 Å².